The van der Waals surface area contributed by atoms with E-state index < -0.39 is 0 Å². The van der Waals surface area contributed by atoms with Gasteiger partial charge in [0.05, 0.1) is 13.0 Å². The lowest BCUT2D eigenvalue weighted by molar-refractivity contribution is -0.148. The Balaban J connectivity index is 0.000000422. The van der Waals surface area contributed by atoms with Crippen molar-refractivity contribution in [2.45, 2.75) is 32.7 Å². The van der Waals surface area contributed by atoms with E-state index in [-0.39, 0.29) is 17.9 Å². The first-order valence-corrected chi connectivity index (χ1v) is 6.65. The highest BCUT2D eigenvalue weighted by Gasteiger charge is 2.34. The number of esters is 1. The predicted octanol–water partition coefficient (Wildman–Crippen LogP) is 2.29. The molecule has 0 atom stereocenters. The Morgan fingerprint density at radius 1 is 1.00 bits per heavy atom. The van der Waals surface area contributed by atoms with E-state index in [0.29, 0.717) is 12.8 Å². The number of carbonyl (C=O) groups excluding carboxylic acids is 1. The number of ether oxygens (including phenoxy) is 1. The summed E-state index contributed by atoms with van der Waals surface area (Å²) in [6.07, 6.45) is 1.27. The Labute approximate surface area is 136 Å². The van der Waals surface area contributed by atoms with Crippen LogP contribution in [-0.4, -0.2) is 19.1 Å². The zero-order valence-electron chi connectivity index (χ0n) is 13.2. The first-order valence-electron chi connectivity index (χ1n) is 6.65. The van der Waals surface area contributed by atoms with Crippen LogP contribution >= 0.6 is 0 Å². The molecule has 0 aliphatic heterocycles. The second-order valence-corrected chi connectivity index (χ2v) is 4.05. The van der Waals surface area contributed by atoms with Gasteiger partial charge in [-0.1, -0.05) is 17.0 Å². The monoisotopic (exact) mass is 305 g/mol. The second-order valence-electron chi connectivity index (χ2n) is 4.05. The lowest BCUT2D eigenvalue weighted by atomic mass is 9.81. The molecular formula is C18H15N3O2. The van der Waals surface area contributed by atoms with E-state index in [1.807, 2.05) is 0 Å². The summed E-state index contributed by atoms with van der Waals surface area (Å²) in [5, 5.41) is 3.47. The summed E-state index contributed by atoms with van der Waals surface area (Å²) < 4.78 is 4.51. The molecule has 5 nitrogen and oxygen atoms in total. The molecular weight excluding hydrogens is 290 g/mol. The normalized spacial score (nSPS) is 15.4. The van der Waals surface area contributed by atoms with Gasteiger partial charge < -0.3 is 4.74 Å². The van der Waals surface area contributed by atoms with Crippen LogP contribution in [0.1, 0.15) is 26.7 Å². The van der Waals surface area contributed by atoms with Gasteiger partial charge in [-0.3, -0.25) is 4.79 Å². The maximum absolute atomic E-state index is 10.8. The summed E-state index contributed by atoms with van der Waals surface area (Å²) in [5.41, 5.74) is 8.03. The summed E-state index contributed by atoms with van der Waals surface area (Å²) in [5.74, 6) is 25.3. The van der Waals surface area contributed by atoms with Gasteiger partial charge in [-0.2, -0.15) is 0 Å². The molecule has 0 aromatic rings. The lowest BCUT2D eigenvalue weighted by Crippen LogP contribution is -2.33. The van der Waals surface area contributed by atoms with Crippen LogP contribution in [0.4, 0.5) is 0 Å². The molecule has 0 heterocycles. The van der Waals surface area contributed by atoms with Crippen LogP contribution < -0.4 is 0 Å². The molecule has 0 aromatic heterocycles. The average molecular weight is 305 g/mol. The van der Waals surface area contributed by atoms with Crippen molar-refractivity contribution in [3.8, 4) is 59.2 Å². The van der Waals surface area contributed by atoms with Gasteiger partial charge in [0.25, 0.3) is 0 Å². The molecule has 0 aromatic carbocycles. The molecule has 0 spiro atoms. The summed E-state index contributed by atoms with van der Waals surface area (Å²) in [7, 11) is 1.36. The third-order valence-corrected chi connectivity index (χ3v) is 2.55. The summed E-state index contributed by atoms with van der Waals surface area (Å²) in [6.45, 7) is 3.44. The first-order chi connectivity index (χ1) is 11.2. The smallest absolute Gasteiger partial charge is 0.308 e. The highest BCUT2D eigenvalue weighted by molar-refractivity contribution is 5.73. The molecule has 1 aliphatic carbocycles. The minimum atomic E-state index is -0.200. The van der Waals surface area contributed by atoms with Gasteiger partial charge in [0.15, 0.2) is 0 Å². The third-order valence-electron chi connectivity index (χ3n) is 2.55. The van der Waals surface area contributed by atoms with Gasteiger partial charge in [0.1, 0.15) is 0 Å². The molecule has 1 fully saturated rings. The van der Waals surface area contributed by atoms with Gasteiger partial charge in [-0.15, -0.1) is 0 Å². The van der Waals surface area contributed by atoms with Gasteiger partial charge in [-0.05, 0) is 79.6 Å². The van der Waals surface area contributed by atoms with Crippen molar-refractivity contribution in [1.82, 2.24) is 0 Å². The van der Waals surface area contributed by atoms with Crippen molar-refractivity contribution in [2.75, 3.05) is 7.11 Å². The van der Waals surface area contributed by atoms with Crippen molar-refractivity contribution in [1.29, 1.82) is 0 Å². The van der Waals surface area contributed by atoms with E-state index in [1.165, 1.54) is 7.11 Å². The van der Waals surface area contributed by atoms with E-state index >= 15 is 0 Å². The third kappa shape index (κ3) is 10.0. The summed E-state index contributed by atoms with van der Waals surface area (Å²) in [6, 6.07) is 0.00380. The number of carbonyl (C=O) groups is 1. The predicted molar refractivity (Wildman–Crippen MR) is 87.9 cm³/mol. The summed E-state index contributed by atoms with van der Waals surface area (Å²) >= 11 is 0. The molecule has 114 valence electrons. The Kier molecular flexibility index (Phi) is 11.5. The van der Waals surface area contributed by atoms with E-state index in [0.717, 1.165) is 0 Å². The van der Waals surface area contributed by atoms with E-state index in [4.69, 9.17) is 5.53 Å². The van der Waals surface area contributed by atoms with Crippen molar-refractivity contribution >= 4 is 5.97 Å². The van der Waals surface area contributed by atoms with Gasteiger partial charge in [0.2, 0.25) is 0 Å². The first kappa shape index (κ1) is 19.6. The maximum atomic E-state index is 10.8. The lowest BCUT2D eigenvalue weighted by Gasteiger charge is -2.29. The van der Waals surface area contributed by atoms with Crippen molar-refractivity contribution in [3.05, 3.63) is 10.4 Å². The van der Waals surface area contributed by atoms with Gasteiger partial charge >= 0.3 is 5.97 Å². The van der Waals surface area contributed by atoms with Crippen LogP contribution in [0.25, 0.3) is 10.4 Å². The fourth-order valence-corrected chi connectivity index (χ4v) is 1.43. The molecule has 0 saturated heterocycles. The molecule has 5 heteroatoms. The zero-order chi connectivity index (χ0) is 17.3. The quantitative estimate of drug-likeness (QED) is 0.258. The van der Waals surface area contributed by atoms with Crippen LogP contribution in [0, 0.1) is 65.1 Å². The van der Waals surface area contributed by atoms with Crippen molar-refractivity contribution in [3.63, 3.8) is 0 Å². The van der Waals surface area contributed by atoms with E-state index in [1.54, 1.807) is 13.8 Å². The molecule has 0 amide bonds. The Morgan fingerprint density at radius 3 is 1.78 bits per heavy atom. The number of methoxy groups -OCH3 is 1. The fraction of sp³-hybridized carbons (Fsp3) is 0.389. The summed E-state index contributed by atoms with van der Waals surface area (Å²) in [4.78, 5) is 13.4. The minimum Gasteiger partial charge on any atom is -0.469 e. The van der Waals surface area contributed by atoms with Crippen molar-refractivity contribution < 1.29 is 9.53 Å². The fourth-order valence-electron chi connectivity index (χ4n) is 1.43. The molecule has 1 saturated carbocycles. The molecule has 23 heavy (non-hydrogen) atoms. The zero-order valence-corrected chi connectivity index (χ0v) is 13.2. The second kappa shape index (κ2) is 13.6. The molecule has 1 aliphatic rings. The van der Waals surface area contributed by atoms with Crippen LogP contribution in [-0.2, 0) is 9.53 Å². The molecule has 0 N–H and O–H groups in total. The van der Waals surface area contributed by atoms with Crippen LogP contribution in [0.15, 0.2) is 5.11 Å². The van der Waals surface area contributed by atoms with E-state index in [2.05, 4.69) is 74.0 Å². The SMILES string of the molecule is CC#CC#CC#CC#CC#CC.COC(=O)C1CC(N=[N+]=[N-])C1. The number of hydrogen-bond acceptors (Lipinski definition) is 3. The van der Waals surface area contributed by atoms with Crippen LogP contribution in [0.5, 0.6) is 0 Å². The van der Waals surface area contributed by atoms with Crippen LogP contribution in [0.3, 0.4) is 0 Å². The average Bonchev–Trinajstić information content (AvgIpc) is 2.53. The highest BCUT2D eigenvalue weighted by atomic mass is 16.5. The molecule has 0 radical (unpaired) electrons. The number of azide groups is 1. The van der Waals surface area contributed by atoms with Crippen LogP contribution in [0.2, 0.25) is 0 Å². The van der Waals surface area contributed by atoms with E-state index in [9.17, 15) is 4.79 Å². The Morgan fingerprint density at radius 2 is 1.43 bits per heavy atom. The Bertz CT molecular complexity index is 717. The largest absolute Gasteiger partial charge is 0.469 e. The highest BCUT2D eigenvalue weighted by Crippen LogP contribution is 2.30. The number of nitrogens with zero attached hydrogens (tertiary/aromatic N) is 3. The number of hydrogen-bond donors (Lipinski definition) is 0. The maximum Gasteiger partial charge on any atom is 0.308 e. The molecule has 0 bridgehead atoms. The molecule has 1 rings (SSSR count). The minimum absolute atomic E-state index is 0.00380. The number of rotatable bonds is 2. The van der Waals surface area contributed by atoms with Gasteiger partial charge in [0, 0.05) is 11.0 Å². The van der Waals surface area contributed by atoms with Crippen molar-refractivity contribution in [2.24, 2.45) is 11.0 Å². The Hall–Kier alpha value is -3.42. The van der Waals surface area contributed by atoms with Gasteiger partial charge in [-0.25, -0.2) is 0 Å². The standard InChI is InChI=1S/C12H6.C6H9N3O2/c1-3-5-7-9-11-12-10-8-6-4-2;1-11-6(10)4-2-5(3-4)8-9-7/h1-2H3;4-5H,2-3H2,1H3. The topological polar surface area (TPSA) is 75.1 Å². The molecule has 0 unspecified atom stereocenters.